The van der Waals surface area contributed by atoms with Crippen LogP contribution in [-0.2, 0) is 11.8 Å². The van der Waals surface area contributed by atoms with Gasteiger partial charge in [0.15, 0.2) is 0 Å². The number of benzene rings is 1. The number of nitrogens with zero attached hydrogens (tertiary/aromatic N) is 4. The molecule has 1 atom stereocenters. The molecule has 0 saturated heterocycles. The molecule has 3 aromatic heterocycles. The van der Waals surface area contributed by atoms with E-state index in [4.69, 9.17) is 4.98 Å². The molecule has 0 fully saturated rings. The molecule has 0 unspecified atom stereocenters. The zero-order valence-corrected chi connectivity index (χ0v) is 15.7. The van der Waals surface area contributed by atoms with E-state index in [0.717, 1.165) is 37.5 Å². The van der Waals surface area contributed by atoms with Gasteiger partial charge in [0.2, 0.25) is 5.91 Å². The molecule has 0 bridgehead atoms. The Morgan fingerprint density at radius 3 is 3.00 bits per heavy atom. The molecule has 0 aliphatic rings. The highest BCUT2D eigenvalue weighted by atomic mass is 32.1. The van der Waals surface area contributed by atoms with Gasteiger partial charge >= 0.3 is 0 Å². The van der Waals surface area contributed by atoms with Crippen LogP contribution in [0.1, 0.15) is 31.9 Å². The summed E-state index contributed by atoms with van der Waals surface area (Å²) >= 11 is 1.57. The molecule has 4 rings (SSSR count). The summed E-state index contributed by atoms with van der Waals surface area (Å²) in [5, 5.41) is 3.91. The van der Waals surface area contributed by atoms with Gasteiger partial charge in [0, 0.05) is 19.0 Å². The Bertz CT molecular complexity index is 1110. The molecule has 4 aromatic rings. The summed E-state index contributed by atoms with van der Waals surface area (Å²) in [6, 6.07) is 8.10. The van der Waals surface area contributed by atoms with Crippen LogP contribution in [0, 0.1) is 0 Å². The SMILES string of the molecule is CCC(=O)N[C@@H](C)c1cccc(-c2nc3c(ncc4ncn(C)c43)s2)c1. The first-order chi connectivity index (χ1) is 12.6. The van der Waals surface area contributed by atoms with E-state index in [1.807, 2.05) is 43.7 Å². The van der Waals surface area contributed by atoms with Gasteiger partial charge in [-0.2, -0.15) is 0 Å². The molecule has 0 saturated carbocycles. The van der Waals surface area contributed by atoms with E-state index in [1.54, 1.807) is 23.9 Å². The summed E-state index contributed by atoms with van der Waals surface area (Å²) in [7, 11) is 1.96. The van der Waals surface area contributed by atoms with Crippen LogP contribution in [0.4, 0.5) is 0 Å². The quantitative estimate of drug-likeness (QED) is 0.596. The summed E-state index contributed by atoms with van der Waals surface area (Å²) in [6.07, 6.45) is 4.05. The number of rotatable bonds is 4. The molecule has 3 heterocycles. The van der Waals surface area contributed by atoms with E-state index in [2.05, 4.69) is 21.4 Å². The van der Waals surface area contributed by atoms with E-state index in [9.17, 15) is 4.79 Å². The van der Waals surface area contributed by atoms with E-state index in [0.29, 0.717) is 6.42 Å². The van der Waals surface area contributed by atoms with Gasteiger partial charge in [0.1, 0.15) is 20.9 Å². The third-order valence-corrected chi connectivity index (χ3v) is 5.45. The molecule has 0 spiro atoms. The number of carbonyl (C=O) groups is 1. The van der Waals surface area contributed by atoms with Crippen LogP contribution in [0.3, 0.4) is 0 Å². The van der Waals surface area contributed by atoms with Gasteiger partial charge in [-0.05, 0) is 18.6 Å². The van der Waals surface area contributed by atoms with Crippen LogP contribution in [0.25, 0.3) is 32.0 Å². The number of carbonyl (C=O) groups excluding carboxylic acids is 1. The number of pyridine rings is 1. The predicted octanol–water partition coefficient (Wildman–Crippen LogP) is 3.83. The van der Waals surface area contributed by atoms with Crippen molar-refractivity contribution in [3.05, 3.63) is 42.4 Å². The van der Waals surface area contributed by atoms with E-state index in [-0.39, 0.29) is 11.9 Å². The molecule has 0 aliphatic carbocycles. The number of thiazole rings is 1. The molecule has 132 valence electrons. The van der Waals surface area contributed by atoms with E-state index in [1.165, 1.54) is 0 Å². The fourth-order valence-corrected chi connectivity index (χ4v) is 3.91. The highest BCUT2D eigenvalue weighted by Crippen LogP contribution is 2.33. The van der Waals surface area contributed by atoms with Crippen molar-refractivity contribution in [2.75, 3.05) is 0 Å². The van der Waals surface area contributed by atoms with E-state index < -0.39 is 0 Å². The summed E-state index contributed by atoms with van der Waals surface area (Å²) in [4.78, 5) is 26.2. The van der Waals surface area contributed by atoms with Crippen molar-refractivity contribution >= 4 is 38.6 Å². The van der Waals surface area contributed by atoms with Gasteiger partial charge in [-0.15, -0.1) is 0 Å². The topological polar surface area (TPSA) is 72.7 Å². The van der Waals surface area contributed by atoms with Crippen LogP contribution < -0.4 is 5.32 Å². The smallest absolute Gasteiger partial charge is 0.220 e. The van der Waals surface area contributed by atoms with Crippen LogP contribution in [0.15, 0.2) is 36.8 Å². The lowest BCUT2D eigenvalue weighted by Gasteiger charge is -2.14. The minimum atomic E-state index is -0.0429. The normalized spacial score (nSPS) is 12.6. The number of imidazole rings is 1. The average Bonchev–Trinajstić information content (AvgIpc) is 3.25. The molecule has 1 aromatic carbocycles. The lowest BCUT2D eigenvalue weighted by molar-refractivity contribution is -0.121. The Kier molecular flexibility index (Phi) is 4.16. The first kappa shape index (κ1) is 16.7. The second kappa shape index (κ2) is 6.49. The molecule has 26 heavy (non-hydrogen) atoms. The summed E-state index contributed by atoms with van der Waals surface area (Å²) < 4.78 is 1.97. The molecular weight excluding hydrogens is 346 g/mol. The van der Waals surface area contributed by atoms with Gasteiger partial charge < -0.3 is 9.88 Å². The Morgan fingerprint density at radius 2 is 2.19 bits per heavy atom. The Balaban J connectivity index is 1.76. The maximum Gasteiger partial charge on any atom is 0.220 e. The third kappa shape index (κ3) is 2.84. The largest absolute Gasteiger partial charge is 0.350 e. The summed E-state index contributed by atoms with van der Waals surface area (Å²) in [6.45, 7) is 3.84. The van der Waals surface area contributed by atoms with Gasteiger partial charge in [-0.3, -0.25) is 4.79 Å². The van der Waals surface area contributed by atoms with Gasteiger partial charge in [-0.25, -0.2) is 15.0 Å². The van der Waals surface area contributed by atoms with Gasteiger partial charge in [0.25, 0.3) is 0 Å². The Hall–Kier alpha value is -2.80. The number of amides is 1. The van der Waals surface area contributed by atoms with Crippen molar-refractivity contribution in [1.82, 2.24) is 24.8 Å². The molecule has 0 aliphatic heterocycles. The van der Waals surface area contributed by atoms with Crippen molar-refractivity contribution < 1.29 is 4.79 Å². The number of hydrogen-bond acceptors (Lipinski definition) is 5. The molecular formula is C19H19N5OS. The van der Waals surface area contributed by atoms with Crippen molar-refractivity contribution in [3.8, 4) is 10.6 Å². The molecule has 0 radical (unpaired) electrons. The Labute approximate surface area is 154 Å². The number of aromatic nitrogens is 4. The molecule has 7 heteroatoms. The zero-order valence-electron chi connectivity index (χ0n) is 14.9. The van der Waals surface area contributed by atoms with Gasteiger partial charge in [0.05, 0.1) is 24.1 Å². The lowest BCUT2D eigenvalue weighted by atomic mass is 10.1. The first-order valence-electron chi connectivity index (χ1n) is 8.53. The summed E-state index contributed by atoms with van der Waals surface area (Å²) in [5.41, 5.74) is 4.81. The minimum Gasteiger partial charge on any atom is -0.350 e. The van der Waals surface area contributed by atoms with Crippen molar-refractivity contribution in [2.24, 2.45) is 7.05 Å². The standard InChI is InChI=1S/C19H19N5OS/c1-4-15(25)22-11(2)12-6-5-7-13(8-12)18-23-16-17-14(21-10-24(17)3)9-20-19(16)26-18/h5-11H,4H2,1-3H3,(H,22,25)/t11-/m0/s1. The molecule has 1 amide bonds. The molecule has 1 N–H and O–H groups in total. The van der Waals surface area contributed by atoms with Crippen LogP contribution in [0.2, 0.25) is 0 Å². The highest BCUT2D eigenvalue weighted by molar-refractivity contribution is 7.21. The number of nitrogens with one attached hydrogen (secondary N) is 1. The van der Waals surface area contributed by atoms with Crippen molar-refractivity contribution in [3.63, 3.8) is 0 Å². The fourth-order valence-electron chi connectivity index (χ4n) is 3.00. The second-order valence-electron chi connectivity index (χ2n) is 6.29. The first-order valence-corrected chi connectivity index (χ1v) is 9.34. The monoisotopic (exact) mass is 365 g/mol. The van der Waals surface area contributed by atoms with Crippen LogP contribution >= 0.6 is 11.3 Å². The third-order valence-electron chi connectivity index (χ3n) is 4.44. The van der Waals surface area contributed by atoms with Gasteiger partial charge in [-0.1, -0.05) is 36.5 Å². The highest BCUT2D eigenvalue weighted by Gasteiger charge is 2.15. The number of fused-ring (bicyclic) bond motifs is 3. The zero-order chi connectivity index (χ0) is 18.3. The average molecular weight is 365 g/mol. The minimum absolute atomic E-state index is 0.0429. The lowest BCUT2D eigenvalue weighted by Crippen LogP contribution is -2.25. The summed E-state index contributed by atoms with van der Waals surface area (Å²) in [5.74, 6) is 0.0469. The van der Waals surface area contributed by atoms with Crippen LogP contribution in [0.5, 0.6) is 0 Å². The maximum absolute atomic E-state index is 11.7. The van der Waals surface area contributed by atoms with Crippen molar-refractivity contribution in [1.29, 1.82) is 0 Å². The number of aryl methyl sites for hydroxylation is 1. The predicted molar refractivity (Wildman–Crippen MR) is 104 cm³/mol. The maximum atomic E-state index is 11.7. The molecule has 6 nitrogen and oxygen atoms in total. The van der Waals surface area contributed by atoms with Crippen LogP contribution in [-0.4, -0.2) is 25.4 Å². The number of hydrogen-bond donors (Lipinski definition) is 1. The fraction of sp³-hybridized carbons (Fsp3) is 0.263. The second-order valence-corrected chi connectivity index (χ2v) is 7.27. The van der Waals surface area contributed by atoms with E-state index >= 15 is 0 Å². The van der Waals surface area contributed by atoms with Crippen molar-refractivity contribution in [2.45, 2.75) is 26.3 Å². The Morgan fingerprint density at radius 1 is 1.35 bits per heavy atom.